The molecule has 0 spiro atoms. The Kier molecular flexibility index (Phi) is 3.44. The molecule has 0 saturated carbocycles. The van der Waals surface area contributed by atoms with Crippen molar-refractivity contribution in [1.82, 2.24) is 9.59 Å². The molecule has 2 rings (SSSR count). The second-order valence-corrected chi connectivity index (χ2v) is 5.80. The van der Waals surface area contributed by atoms with Gasteiger partial charge in [0.05, 0.1) is 16.7 Å². The number of hydrogen-bond acceptors (Lipinski definition) is 6. The third-order valence-corrected chi connectivity index (χ3v) is 4.15. The maximum Gasteiger partial charge on any atom is 0.338 e. The highest BCUT2D eigenvalue weighted by Gasteiger charge is 2.19. The summed E-state index contributed by atoms with van der Waals surface area (Å²) in [5, 5.41) is 12.4. The zero-order chi connectivity index (χ0) is 14.0. The summed E-state index contributed by atoms with van der Waals surface area (Å²) < 4.78 is 42.6. The molecule has 0 aliphatic rings. The summed E-state index contributed by atoms with van der Waals surface area (Å²) in [6, 6.07) is 2.50. The van der Waals surface area contributed by atoms with E-state index in [4.69, 9.17) is 5.11 Å². The van der Waals surface area contributed by atoms with Crippen LogP contribution in [0.3, 0.4) is 0 Å². The molecule has 1 aromatic carbocycles. The largest absolute Gasteiger partial charge is 0.478 e. The number of aromatic carboxylic acids is 1. The quantitative estimate of drug-likeness (QED) is 0.877. The highest BCUT2D eigenvalue weighted by Crippen LogP contribution is 2.20. The lowest BCUT2D eigenvalue weighted by molar-refractivity contribution is 0.0691. The highest BCUT2D eigenvalue weighted by atomic mass is 32.2. The number of nitrogens with one attached hydrogen (secondary N) is 1. The van der Waals surface area contributed by atoms with Crippen LogP contribution in [0.5, 0.6) is 0 Å². The molecule has 0 unspecified atom stereocenters. The average molecular weight is 303 g/mol. The van der Waals surface area contributed by atoms with Gasteiger partial charge < -0.3 is 5.11 Å². The standard InChI is InChI=1S/C9H6FN3O4S2/c10-7-2-1-5(3-6(7)9(14)15)19(16,17)12-8-4-11-13-18-8/h1-4,12H,(H,14,15). The molecule has 0 atom stereocenters. The maximum absolute atomic E-state index is 13.2. The number of hydrogen-bond donors (Lipinski definition) is 2. The molecule has 19 heavy (non-hydrogen) atoms. The van der Waals surface area contributed by atoms with Crippen molar-refractivity contribution in [3.8, 4) is 0 Å². The van der Waals surface area contributed by atoms with E-state index in [1.165, 1.54) is 6.20 Å². The van der Waals surface area contributed by atoms with Gasteiger partial charge in [-0.2, -0.15) is 0 Å². The lowest BCUT2D eigenvalue weighted by Crippen LogP contribution is -2.13. The molecule has 2 N–H and O–H groups in total. The van der Waals surface area contributed by atoms with Crippen molar-refractivity contribution in [2.24, 2.45) is 0 Å². The van der Waals surface area contributed by atoms with Crippen LogP contribution in [0.2, 0.25) is 0 Å². The van der Waals surface area contributed by atoms with Crippen LogP contribution in [0.4, 0.5) is 9.39 Å². The van der Waals surface area contributed by atoms with E-state index in [0.717, 1.165) is 29.7 Å². The summed E-state index contributed by atoms with van der Waals surface area (Å²) in [7, 11) is -4.01. The normalized spacial score (nSPS) is 11.2. The molecule has 0 amide bonds. The molecule has 0 saturated heterocycles. The first kappa shape index (κ1) is 13.4. The molecule has 7 nitrogen and oxygen atoms in total. The average Bonchev–Trinajstić information content (AvgIpc) is 2.80. The fourth-order valence-electron chi connectivity index (χ4n) is 1.24. The van der Waals surface area contributed by atoms with Crippen LogP contribution in [0, 0.1) is 5.82 Å². The van der Waals surface area contributed by atoms with E-state index in [1.54, 1.807) is 0 Å². The Balaban J connectivity index is 2.41. The molecular formula is C9H6FN3O4S2. The van der Waals surface area contributed by atoms with Gasteiger partial charge in [0.2, 0.25) is 0 Å². The van der Waals surface area contributed by atoms with Crippen LogP contribution < -0.4 is 4.72 Å². The highest BCUT2D eigenvalue weighted by molar-refractivity contribution is 7.93. The van der Waals surface area contributed by atoms with E-state index in [2.05, 4.69) is 14.3 Å². The van der Waals surface area contributed by atoms with E-state index >= 15 is 0 Å². The van der Waals surface area contributed by atoms with Crippen LogP contribution in [0.25, 0.3) is 0 Å². The number of anilines is 1. The molecule has 100 valence electrons. The molecule has 2 aromatic rings. The number of carboxylic acid groups (broad SMARTS) is 1. The van der Waals surface area contributed by atoms with E-state index < -0.39 is 27.4 Å². The molecule has 1 aromatic heterocycles. The minimum Gasteiger partial charge on any atom is -0.478 e. The summed E-state index contributed by atoms with van der Waals surface area (Å²) in [4.78, 5) is 10.4. The summed E-state index contributed by atoms with van der Waals surface area (Å²) in [6.45, 7) is 0. The van der Waals surface area contributed by atoms with Crippen LogP contribution in [-0.2, 0) is 10.0 Å². The van der Waals surface area contributed by atoms with Gasteiger partial charge in [-0.25, -0.2) is 17.6 Å². The Hall–Kier alpha value is -2.07. The van der Waals surface area contributed by atoms with Crippen LogP contribution in [-0.4, -0.2) is 29.1 Å². The van der Waals surface area contributed by atoms with Crippen molar-refractivity contribution < 1.29 is 22.7 Å². The van der Waals surface area contributed by atoms with Gasteiger partial charge in [-0.05, 0) is 18.2 Å². The van der Waals surface area contributed by atoms with Gasteiger partial charge in [0, 0.05) is 11.5 Å². The van der Waals surface area contributed by atoms with Crippen LogP contribution >= 0.6 is 11.5 Å². The molecule has 0 aliphatic heterocycles. The van der Waals surface area contributed by atoms with Gasteiger partial charge in [-0.1, -0.05) is 4.49 Å². The summed E-state index contributed by atoms with van der Waals surface area (Å²) >= 11 is 0.816. The molecule has 0 bridgehead atoms. The Morgan fingerprint density at radius 1 is 1.42 bits per heavy atom. The van der Waals surface area contributed by atoms with Crippen molar-refractivity contribution in [3.05, 3.63) is 35.8 Å². The monoisotopic (exact) mass is 303 g/mol. The second kappa shape index (κ2) is 4.90. The Bertz CT molecular complexity index is 715. The lowest BCUT2D eigenvalue weighted by Gasteiger charge is -2.06. The zero-order valence-corrected chi connectivity index (χ0v) is 10.7. The topological polar surface area (TPSA) is 109 Å². The van der Waals surface area contributed by atoms with E-state index in [1.807, 2.05) is 0 Å². The molecule has 0 fully saturated rings. The van der Waals surface area contributed by atoms with Gasteiger partial charge in [0.1, 0.15) is 10.8 Å². The van der Waals surface area contributed by atoms with Gasteiger partial charge in [0.25, 0.3) is 10.0 Å². The number of benzene rings is 1. The van der Waals surface area contributed by atoms with Crippen molar-refractivity contribution in [2.75, 3.05) is 4.72 Å². The lowest BCUT2D eigenvalue weighted by atomic mass is 10.2. The first-order valence-electron chi connectivity index (χ1n) is 4.73. The van der Waals surface area contributed by atoms with Crippen molar-refractivity contribution >= 4 is 32.5 Å². The Morgan fingerprint density at radius 3 is 2.74 bits per heavy atom. The van der Waals surface area contributed by atoms with E-state index in [9.17, 15) is 17.6 Å². The smallest absolute Gasteiger partial charge is 0.338 e. The van der Waals surface area contributed by atoms with Crippen LogP contribution in [0.1, 0.15) is 10.4 Å². The Morgan fingerprint density at radius 2 is 2.16 bits per heavy atom. The number of sulfonamides is 1. The third-order valence-electron chi connectivity index (χ3n) is 2.07. The fourth-order valence-corrected chi connectivity index (χ4v) is 2.95. The predicted octanol–water partition coefficient (Wildman–Crippen LogP) is 1.18. The van der Waals surface area contributed by atoms with Crippen LogP contribution in [0.15, 0.2) is 29.3 Å². The molecule has 1 heterocycles. The number of carbonyl (C=O) groups is 1. The van der Waals surface area contributed by atoms with E-state index in [-0.39, 0.29) is 9.90 Å². The molecule has 0 radical (unpaired) electrons. The third kappa shape index (κ3) is 2.85. The first-order valence-corrected chi connectivity index (χ1v) is 6.99. The van der Waals surface area contributed by atoms with Gasteiger partial charge >= 0.3 is 5.97 Å². The minimum absolute atomic E-state index is 0.168. The van der Waals surface area contributed by atoms with Gasteiger partial charge in [-0.3, -0.25) is 4.72 Å². The second-order valence-electron chi connectivity index (χ2n) is 3.33. The molecular weight excluding hydrogens is 297 g/mol. The number of aromatic nitrogens is 2. The predicted molar refractivity (Wildman–Crippen MR) is 64.1 cm³/mol. The van der Waals surface area contributed by atoms with E-state index in [0.29, 0.717) is 0 Å². The van der Waals surface area contributed by atoms with Crippen molar-refractivity contribution in [2.45, 2.75) is 4.90 Å². The number of rotatable bonds is 4. The molecule has 10 heteroatoms. The Labute approximate surface area is 110 Å². The summed E-state index contributed by atoms with van der Waals surface area (Å²) in [6.07, 6.45) is 1.20. The number of halogens is 1. The fraction of sp³-hybridized carbons (Fsp3) is 0. The molecule has 0 aliphatic carbocycles. The zero-order valence-electron chi connectivity index (χ0n) is 9.07. The van der Waals surface area contributed by atoms with Crippen molar-refractivity contribution in [1.29, 1.82) is 0 Å². The minimum atomic E-state index is -4.01. The maximum atomic E-state index is 13.2. The number of nitrogens with zero attached hydrogens (tertiary/aromatic N) is 2. The SMILES string of the molecule is O=C(O)c1cc(S(=O)(=O)Nc2cnns2)ccc1F. The number of carboxylic acids is 1. The first-order chi connectivity index (χ1) is 8.90. The van der Waals surface area contributed by atoms with Gasteiger partial charge in [0.15, 0.2) is 0 Å². The van der Waals surface area contributed by atoms with Gasteiger partial charge in [-0.15, -0.1) is 5.10 Å². The summed E-state index contributed by atoms with van der Waals surface area (Å²) in [5.74, 6) is -2.56. The van der Waals surface area contributed by atoms with Crippen molar-refractivity contribution in [3.63, 3.8) is 0 Å². The summed E-state index contributed by atoms with van der Waals surface area (Å²) in [5.41, 5.74) is -0.717.